The van der Waals surface area contributed by atoms with Crippen LogP contribution >= 0.6 is 0 Å². The van der Waals surface area contributed by atoms with Gasteiger partial charge in [0, 0.05) is 52.9 Å². The molecule has 1 aliphatic carbocycles. The first-order valence-corrected chi connectivity index (χ1v) is 22.8. The smallest absolute Gasteiger partial charge is 0.178 e. The second-order valence-electron chi connectivity index (χ2n) is 13.7. The number of nitrogens with zero attached hydrogens (tertiary/aromatic N) is 1. The highest BCUT2D eigenvalue weighted by molar-refractivity contribution is 6.24. The number of rotatable bonds is 6. The van der Waals surface area contributed by atoms with Gasteiger partial charge in [0.1, 0.15) is 17.4 Å². The zero-order chi connectivity index (χ0) is 40.3. The van der Waals surface area contributed by atoms with Crippen LogP contribution in [0.2, 0.25) is 6.55 Å². The number of fused-ring (bicyclic) bond motifs is 8. The summed E-state index contributed by atoms with van der Waals surface area (Å²) in [4.78, 5) is 2.47. The van der Waals surface area contributed by atoms with Crippen molar-refractivity contribution >= 4 is 32.3 Å². The van der Waals surface area contributed by atoms with E-state index in [0.29, 0.717) is 17.1 Å². The maximum absolute atomic E-state index is 15.1. The Hall–Kier alpha value is -4.26. The average molecular weight is 764 g/mol. The summed E-state index contributed by atoms with van der Waals surface area (Å²) in [5.74, 6) is 0.627. The van der Waals surface area contributed by atoms with E-state index in [2.05, 4.69) is 73.8 Å². The molecular formula is C49H63F2NO2Si. The molecule has 2 heterocycles. The molecule has 0 saturated carbocycles. The Morgan fingerprint density at radius 2 is 1.42 bits per heavy atom. The van der Waals surface area contributed by atoms with Crippen molar-refractivity contribution < 1.29 is 17.9 Å². The van der Waals surface area contributed by atoms with Crippen molar-refractivity contribution in [2.45, 2.75) is 99.6 Å². The fraction of sp³-hybridized carbons (Fsp3) is 0.388. The van der Waals surface area contributed by atoms with Crippen LogP contribution in [-0.2, 0) is 15.4 Å². The molecule has 0 bridgehead atoms. The minimum absolute atomic E-state index is 0.261. The van der Waals surface area contributed by atoms with Crippen molar-refractivity contribution in [3.63, 3.8) is 0 Å². The van der Waals surface area contributed by atoms with E-state index in [-0.39, 0.29) is 11.6 Å². The summed E-state index contributed by atoms with van der Waals surface area (Å²) >= 11 is 0. The molecule has 2 atom stereocenters. The highest BCUT2D eigenvalue weighted by atomic mass is 28.2. The fourth-order valence-electron chi connectivity index (χ4n) is 8.23. The molecule has 8 rings (SSSR count). The summed E-state index contributed by atoms with van der Waals surface area (Å²) in [6.45, 7) is 25.4. The molecule has 3 aliphatic rings. The van der Waals surface area contributed by atoms with E-state index in [1.165, 1.54) is 30.7 Å². The molecule has 6 heteroatoms. The molecule has 55 heavy (non-hydrogen) atoms. The fourth-order valence-corrected chi connectivity index (χ4v) is 8.80. The van der Waals surface area contributed by atoms with Crippen molar-refractivity contribution in [3.05, 3.63) is 137 Å². The molecule has 1 saturated heterocycles. The van der Waals surface area contributed by atoms with Gasteiger partial charge in [0.05, 0.1) is 0 Å². The van der Waals surface area contributed by atoms with Gasteiger partial charge in [0.25, 0.3) is 0 Å². The zero-order valence-electron chi connectivity index (χ0n) is 35.2. The molecule has 0 aromatic heterocycles. The Bertz CT molecular complexity index is 2030. The molecule has 5 aromatic carbocycles. The van der Waals surface area contributed by atoms with Gasteiger partial charge in [-0.2, -0.15) is 0 Å². The summed E-state index contributed by atoms with van der Waals surface area (Å²) in [6.07, 6.45) is 6.68. The zero-order valence-corrected chi connectivity index (χ0v) is 36.6. The maximum Gasteiger partial charge on any atom is 0.178 e. The molecule has 2 unspecified atom stereocenters. The monoisotopic (exact) mass is 763 g/mol. The normalized spacial score (nSPS) is 18.5. The number of benzene rings is 5. The van der Waals surface area contributed by atoms with Crippen molar-refractivity contribution in [2.24, 2.45) is 5.92 Å². The van der Waals surface area contributed by atoms with Crippen LogP contribution in [0.15, 0.2) is 97.1 Å². The molecule has 0 amide bonds. The van der Waals surface area contributed by atoms with Gasteiger partial charge in [-0.3, -0.25) is 0 Å². The SMILES string of the molecule is CC.CC.CC.CC.C[SiH2]OCC1CCCN(c2ccc(C3(c4ccccc4)C=Cc4c5c(c6ccc(F)cc6c4O3)-c3ccc(F)cc3C5(C)C)cc2)C1. The van der Waals surface area contributed by atoms with E-state index in [1.807, 2.05) is 85.7 Å². The molecule has 0 N–H and O–H groups in total. The predicted molar refractivity (Wildman–Crippen MR) is 235 cm³/mol. The summed E-state index contributed by atoms with van der Waals surface area (Å²) < 4.78 is 42.9. The highest BCUT2D eigenvalue weighted by Gasteiger charge is 2.44. The van der Waals surface area contributed by atoms with Gasteiger partial charge in [0.2, 0.25) is 0 Å². The Morgan fingerprint density at radius 3 is 2.09 bits per heavy atom. The van der Waals surface area contributed by atoms with E-state index in [4.69, 9.17) is 9.16 Å². The molecule has 3 nitrogen and oxygen atoms in total. The van der Waals surface area contributed by atoms with Gasteiger partial charge in [0.15, 0.2) is 15.4 Å². The molecule has 1 fully saturated rings. The summed E-state index contributed by atoms with van der Waals surface area (Å²) in [5.41, 5.74) is 6.69. The first kappa shape index (κ1) is 43.5. The maximum atomic E-state index is 15.1. The van der Waals surface area contributed by atoms with Gasteiger partial charge < -0.3 is 14.1 Å². The van der Waals surface area contributed by atoms with Crippen molar-refractivity contribution in [1.82, 2.24) is 0 Å². The lowest BCUT2D eigenvalue weighted by Crippen LogP contribution is -2.37. The van der Waals surface area contributed by atoms with Crippen LogP contribution in [0, 0.1) is 17.6 Å². The van der Waals surface area contributed by atoms with E-state index in [1.54, 1.807) is 12.1 Å². The van der Waals surface area contributed by atoms with Crippen LogP contribution in [0.1, 0.15) is 110 Å². The van der Waals surface area contributed by atoms with Crippen molar-refractivity contribution in [1.29, 1.82) is 0 Å². The van der Waals surface area contributed by atoms with E-state index in [0.717, 1.165) is 64.0 Å². The van der Waals surface area contributed by atoms with Gasteiger partial charge >= 0.3 is 0 Å². The lowest BCUT2D eigenvalue weighted by Gasteiger charge is -2.39. The number of hydrogen-bond acceptors (Lipinski definition) is 3. The van der Waals surface area contributed by atoms with E-state index >= 15 is 4.39 Å². The Kier molecular flexibility index (Phi) is 15.4. The lowest BCUT2D eigenvalue weighted by molar-refractivity contribution is 0.163. The predicted octanol–water partition coefficient (Wildman–Crippen LogP) is 13.2. The molecule has 0 radical (unpaired) electrons. The van der Waals surface area contributed by atoms with E-state index < -0.39 is 20.8 Å². The molecule has 0 spiro atoms. The number of piperidine rings is 1. The van der Waals surface area contributed by atoms with Gasteiger partial charge in [-0.05, 0) is 88.9 Å². The van der Waals surface area contributed by atoms with Crippen molar-refractivity contribution in [2.75, 3.05) is 24.6 Å². The third kappa shape index (κ3) is 8.32. The first-order valence-electron chi connectivity index (χ1n) is 20.8. The standard InChI is InChI=1S/C41H39F2NO2Si.4C2H6/c1-40(2)36-23-30(43)14-18-33(36)37-32-17-13-29(42)22-35(32)39-34(38(37)40)19-20-41(46-39,27-9-5-4-6-10-27)28-11-15-31(16-12-28)44-21-7-8-26(24-44)25-45-47-3;4*1-2/h4-6,9-20,22-23,26H,7-8,21,24-25,47H2,1-3H3;4*1-2H3. The topological polar surface area (TPSA) is 21.7 Å². The van der Waals surface area contributed by atoms with Crippen LogP contribution in [-0.4, -0.2) is 29.5 Å². The molecular weight excluding hydrogens is 701 g/mol. The third-order valence-corrected chi connectivity index (χ3v) is 11.1. The second kappa shape index (κ2) is 19.5. The van der Waals surface area contributed by atoms with Crippen molar-refractivity contribution in [3.8, 4) is 16.9 Å². The minimum atomic E-state index is -0.938. The quantitative estimate of drug-likeness (QED) is 0.161. The van der Waals surface area contributed by atoms with Gasteiger partial charge in [-0.1, -0.05) is 136 Å². The third-order valence-electron chi connectivity index (χ3n) is 10.5. The van der Waals surface area contributed by atoms with Crippen LogP contribution in [0.5, 0.6) is 5.75 Å². The summed E-state index contributed by atoms with van der Waals surface area (Å²) in [5, 5.41) is 1.62. The Labute approximate surface area is 332 Å². The lowest BCUT2D eigenvalue weighted by atomic mass is 9.76. The van der Waals surface area contributed by atoms with E-state index in [9.17, 15) is 4.39 Å². The Morgan fingerprint density at radius 1 is 0.782 bits per heavy atom. The van der Waals surface area contributed by atoms with Crippen LogP contribution < -0.4 is 9.64 Å². The number of halogens is 2. The second-order valence-corrected chi connectivity index (χ2v) is 14.7. The number of hydrogen-bond donors (Lipinski definition) is 0. The molecule has 5 aromatic rings. The van der Waals surface area contributed by atoms with Gasteiger partial charge in [-0.15, -0.1) is 0 Å². The minimum Gasteiger partial charge on any atom is -0.472 e. The van der Waals surface area contributed by atoms with Crippen LogP contribution in [0.3, 0.4) is 0 Å². The highest BCUT2D eigenvalue weighted by Crippen LogP contribution is 2.58. The first-order chi connectivity index (χ1) is 26.8. The number of anilines is 1. The summed E-state index contributed by atoms with van der Waals surface area (Å²) in [6, 6.07) is 29.0. The van der Waals surface area contributed by atoms with Crippen LogP contribution in [0.4, 0.5) is 14.5 Å². The molecule has 2 aliphatic heterocycles. The average Bonchev–Trinajstić information content (AvgIpc) is 3.48. The Balaban J connectivity index is 0.000000792. The summed E-state index contributed by atoms with van der Waals surface area (Å²) in [7, 11) is -0.396. The molecule has 294 valence electrons. The van der Waals surface area contributed by atoms with Gasteiger partial charge in [-0.25, -0.2) is 8.78 Å². The van der Waals surface area contributed by atoms with Crippen LogP contribution in [0.25, 0.3) is 28.0 Å². The largest absolute Gasteiger partial charge is 0.472 e. The number of ether oxygens (including phenoxy) is 1.